The molecule has 31 heavy (non-hydrogen) atoms. The number of nitrogens with zero attached hydrogens (tertiary/aromatic N) is 4. The fraction of sp³-hybridized carbons (Fsp3) is 0.217. The van der Waals surface area contributed by atoms with Gasteiger partial charge in [-0.25, -0.2) is 9.37 Å². The van der Waals surface area contributed by atoms with Crippen molar-refractivity contribution in [2.45, 2.75) is 25.6 Å². The van der Waals surface area contributed by atoms with E-state index in [9.17, 15) is 14.0 Å². The highest BCUT2D eigenvalue weighted by Crippen LogP contribution is 2.24. The van der Waals surface area contributed by atoms with Crippen LogP contribution in [0.25, 0.3) is 0 Å². The summed E-state index contributed by atoms with van der Waals surface area (Å²) < 4.78 is 16.6. The van der Waals surface area contributed by atoms with E-state index in [1.54, 1.807) is 23.2 Å². The summed E-state index contributed by atoms with van der Waals surface area (Å²) in [7, 11) is 0. The Morgan fingerprint density at radius 3 is 2.97 bits per heavy atom. The van der Waals surface area contributed by atoms with Crippen LogP contribution < -0.4 is 5.43 Å². The van der Waals surface area contributed by atoms with Crippen LogP contribution in [0.5, 0.6) is 0 Å². The average molecular weight is 417 g/mol. The maximum atomic E-state index is 14.6. The number of rotatable bonds is 4. The van der Waals surface area contributed by atoms with Crippen LogP contribution in [0, 0.1) is 5.82 Å². The average Bonchev–Trinajstić information content (AvgIpc) is 3.28. The third-order valence-electron chi connectivity index (χ3n) is 5.75. The van der Waals surface area contributed by atoms with E-state index in [1.807, 2.05) is 35.0 Å². The lowest BCUT2D eigenvalue weighted by atomic mass is 9.92. The fourth-order valence-corrected chi connectivity index (χ4v) is 4.10. The number of carbonyl (C=O) groups is 2. The number of hydrogen-bond acceptors (Lipinski definition) is 5. The molecule has 1 aromatic heterocycles. The zero-order valence-electron chi connectivity index (χ0n) is 16.7. The molecule has 3 aromatic rings. The topological polar surface area (TPSA) is 79.6 Å². The maximum Gasteiger partial charge on any atom is 0.257 e. The van der Waals surface area contributed by atoms with Crippen molar-refractivity contribution in [1.29, 1.82) is 0 Å². The second kappa shape index (κ2) is 7.79. The minimum atomic E-state index is -0.548. The van der Waals surface area contributed by atoms with E-state index in [1.165, 1.54) is 6.07 Å². The number of hydrazone groups is 1. The molecular formula is C23H20FN5O2. The predicted octanol–water partition coefficient (Wildman–Crippen LogP) is 2.47. The summed E-state index contributed by atoms with van der Waals surface area (Å²) in [4.78, 5) is 30.3. The Balaban J connectivity index is 1.40. The van der Waals surface area contributed by atoms with E-state index in [-0.39, 0.29) is 11.5 Å². The van der Waals surface area contributed by atoms with Crippen LogP contribution in [-0.2, 0) is 24.3 Å². The highest BCUT2D eigenvalue weighted by atomic mass is 19.1. The molecule has 0 fully saturated rings. The Morgan fingerprint density at radius 2 is 2.10 bits per heavy atom. The van der Waals surface area contributed by atoms with Crippen molar-refractivity contribution in [3.63, 3.8) is 0 Å². The third kappa shape index (κ3) is 3.50. The number of aromatic nitrogens is 2. The van der Waals surface area contributed by atoms with Gasteiger partial charge in [0.25, 0.3) is 5.91 Å². The van der Waals surface area contributed by atoms with Crippen LogP contribution in [0.1, 0.15) is 38.9 Å². The molecule has 2 aliphatic heterocycles. The zero-order chi connectivity index (χ0) is 21.4. The van der Waals surface area contributed by atoms with Gasteiger partial charge in [0, 0.05) is 37.5 Å². The standard InChI is InChI=1S/C23H20FN5O2/c24-19-6-5-15(12-20-16-3-1-2-4-17(16)21(14-30)27-26-20)11-18(19)23(31)29-10-9-28-8-7-25-22(28)13-29/h1-8,11,14,21,27H,9-10,12-13H2. The summed E-state index contributed by atoms with van der Waals surface area (Å²) in [6.45, 7) is 1.50. The van der Waals surface area contributed by atoms with E-state index in [0.717, 1.165) is 34.5 Å². The summed E-state index contributed by atoms with van der Waals surface area (Å²) in [6, 6.07) is 11.6. The predicted molar refractivity (Wildman–Crippen MR) is 112 cm³/mol. The Kier molecular flexibility index (Phi) is 4.82. The molecule has 8 heteroatoms. The van der Waals surface area contributed by atoms with E-state index in [4.69, 9.17) is 0 Å². The fourth-order valence-electron chi connectivity index (χ4n) is 4.10. The number of amides is 1. The molecule has 0 spiro atoms. The first-order valence-electron chi connectivity index (χ1n) is 10.1. The number of fused-ring (bicyclic) bond motifs is 2. The van der Waals surface area contributed by atoms with Crippen molar-refractivity contribution in [2.75, 3.05) is 6.54 Å². The van der Waals surface area contributed by atoms with E-state index >= 15 is 0 Å². The lowest BCUT2D eigenvalue weighted by molar-refractivity contribution is -0.109. The summed E-state index contributed by atoms with van der Waals surface area (Å²) in [5, 5.41) is 4.36. The number of halogens is 1. The molecule has 156 valence electrons. The largest absolute Gasteiger partial charge is 0.332 e. The number of aldehydes is 1. The smallest absolute Gasteiger partial charge is 0.257 e. The van der Waals surface area contributed by atoms with Gasteiger partial charge in [0.05, 0.1) is 17.8 Å². The number of benzene rings is 2. The molecule has 0 saturated carbocycles. The Morgan fingerprint density at radius 1 is 1.23 bits per heavy atom. The van der Waals surface area contributed by atoms with Gasteiger partial charge in [0.15, 0.2) is 0 Å². The minimum Gasteiger partial charge on any atom is -0.332 e. The number of imidazole rings is 1. The zero-order valence-corrected chi connectivity index (χ0v) is 16.7. The SMILES string of the molecule is O=CC1NN=C(Cc2ccc(F)c(C(=O)N3CCn4ccnc4C3)c2)c2ccccc21. The van der Waals surface area contributed by atoms with Gasteiger partial charge in [-0.3, -0.25) is 10.2 Å². The van der Waals surface area contributed by atoms with Gasteiger partial charge in [0.2, 0.25) is 0 Å². The molecule has 1 N–H and O–H groups in total. The second-order valence-electron chi connectivity index (χ2n) is 7.64. The first-order chi connectivity index (χ1) is 15.1. The highest BCUT2D eigenvalue weighted by molar-refractivity contribution is 6.04. The van der Waals surface area contributed by atoms with Gasteiger partial charge < -0.3 is 14.3 Å². The molecule has 2 aromatic carbocycles. The van der Waals surface area contributed by atoms with Crippen LogP contribution in [0.4, 0.5) is 4.39 Å². The van der Waals surface area contributed by atoms with Crippen LogP contribution >= 0.6 is 0 Å². The van der Waals surface area contributed by atoms with Gasteiger partial charge >= 0.3 is 0 Å². The van der Waals surface area contributed by atoms with Gasteiger partial charge in [-0.15, -0.1) is 0 Å². The van der Waals surface area contributed by atoms with Crippen molar-refractivity contribution >= 4 is 17.9 Å². The Bertz CT molecular complexity index is 1200. The Hall–Kier alpha value is -3.81. The van der Waals surface area contributed by atoms with Crippen molar-refractivity contribution in [2.24, 2.45) is 5.10 Å². The molecular weight excluding hydrogens is 397 g/mol. The normalized spacial score (nSPS) is 17.3. The van der Waals surface area contributed by atoms with Crippen molar-refractivity contribution in [1.82, 2.24) is 19.9 Å². The van der Waals surface area contributed by atoms with Crippen LogP contribution in [0.3, 0.4) is 0 Å². The van der Waals surface area contributed by atoms with E-state index < -0.39 is 11.9 Å². The molecule has 7 nitrogen and oxygen atoms in total. The lowest BCUT2D eigenvalue weighted by Crippen LogP contribution is -2.38. The van der Waals surface area contributed by atoms with E-state index in [2.05, 4.69) is 15.5 Å². The molecule has 0 aliphatic carbocycles. The monoisotopic (exact) mass is 417 g/mol. The van der Waals surface area contributed by atoms with Crippen molar-refractivity contribution < 1.29 is 14.0 Å². The number of nitrogens with one attached hydrogen (secondary N) is 1. The van der Waals surface area contributed by atoms with Gasteiger partial charge in [-0.1, -0.05) is 30.3 Å². The maximum absolute atomic E-state index is 14.6. The molecule has 1 atom stereocenters. The molecule has 5 rings (SSSR count). The van der Waals surface area contributed by atoms with Gasteiger partial charge in [-0.2, -0.15) is 5.10 Å². The minimum absolute atomic E-state index is 0.0425. The lowest BCUT2D eigenvalue weighted by Gasteiger charge is -2.28. The molecule has 0 radical (unpaired) electrons. The quantitative estimate of drug-likeness (QED) is 0.662. The van der Waals surface area contributed by atoms with Crippen LogP contribution in [0.15, 0.2) is 60.0 Å². The molecule has 1 amide bonds. The molecule has 0 bridgehead atoms. The van der Waals surface area contributed by atoms with E-state index in [0.29, 0.717) is 26.1 Å². The van der Waals surface area contributed by atoms with Gasteiger partial charge in [0.1, 0.15) is 24.0 Å². The van der Waals surface area contributed by atoms with Crippen LogP contribution in [0.2, 0.25) is 0 Å². The highest BCUT2D eigenvalue weighted by Gasteiger charge is 2.26. The summed E-state index contributed by atoms with van der Waals surface area (Å²) >= 11 is 0. The molecule has 1 unspecified atom stereocenters. The number of carbonyl (C=O) groups excluding carboxylic acids is 2. The van der Waals surface area contributed by atoms with Crippen LogP contribution in [-0.4, -0.2) is 38.9 Å². The first kappa shape index (κ1) is 19.2. The first-order valence-corrected chi connectivity index (χ1v) is 10.1. The number of hydrogen-bond donors (Lipinski definition) is 1. The summed E-state index contributed by atoms with van der Waals surface area (Å²) in [5.74, 6) is -0.105. The summed E-state index contributed by atoms with van der Waals surface area (Å²) in [5.41, 5.74) is 6.13. The van der Waals surface area contributed by atoms with Crippen molar-refractivity contribution in [3.05, 3.63) is 88.8 Å². The molecule has 0 saturated heterocycles. The third-order valence-corrected chi connectivity index (χ3v) is 5.75. The van der Waals surface area contributed by atoms with Gasteiger partial charge in [-0.05, 0) is 23.3 Å². The summed E-state index contributed by atoms with van der Waals surface area (Å²) in [6.07, 6.45) is 4.80. The Labute approximate surface area is 178 Å². The second-order valence-corrected chi connectivity index (χ2v) is 7.64. The molecule has 3 heterocycles. The molecule has 2 aliphatic rings. The van der Waals surface area contributed by atoms with Crippen molar-refractivity contribution in [3.8, 4) is 0 Å².